The predicted molar refractivity (Wildman–Crippen MR) is 147 cm³/mol. The molecule has 0 radical (unpaired) electrons. The molecule has 1 aromatic heterocycles. The molecule has 4 rings (SSSR count). The highest BCUT2D eigenvalue weighted by Crippen LogP contribution is 2.31. The van der Waals surface area contributed by atoms with Gasteiger partial charge in [-0.2, -0.15) is 0 Å². The van der Waals surface area contributed by atoms with Gasteiger partial charge in [0.1, 0.15) is 12.4 Å². The number of hydrogen-bond acceptors (Lipinski definition) is 7. The van der Waals surface area contributed by atoms with Crippen LogP contribution in [0.3, 0.4) is 0 Å². The van der Waals surface area contributed by atoms with Gasteiger partial charge < -0.3 is 24.2 Å². The van der Waals surface area contributed by atoms with Crippen LogP contribution >= 0.6 is 0 Å². The molecule has 0 bridgehead atoms. The molecule has 0 N–H and O–H groups in total. The molecule has 9 nitrogen and oxygen atoms in total. The summed E-state index contributed by atoms with van der Waals surface area (Å²) in [5.41, 5.74) is 1.94. The van der Waals surface area contributed by atoms with Crippen LogP contribution in [-0.4, -0.2) is 84.8 Å². The van der Waals surface area contributed by atoms with Gasteiger partial charge in [0.05, 0.1) is 19.9 Å². The summed E-state index contributed by atoms with van der Waals surface area (Å²) in [4.78, 5) is 31.7. The second-order valence-electron chi connectivity index (χ2n) is 9.41. The molecule has 1 aliphatic heterocycles. The largest absolute Gasteiger partial charge is 0.493 e. The van der Waals surface area contributed by atoms with E-state index in [1.54, 1.807) is 24.0 Å². The smallest absolute Gasteiger partial charge is 0.254 e. The second-order valence-corrected chi connectivity index (χ2v) is 9.41. The zero-order chi connectivity index (χ0) is 27.9. The van der Waals surface area contributed by atoms with Gasteiger partial charge in [-0.05, 0) is 67.9 Å². The Hall–Kier alpha value is -4.21. The number of carbonyl (C=O) groups is 2. The Balaban J connectivity index is 1.36. The maximum Gasteiger partial charge on any atom is 0.254 e. The van der Waals surface area contributed by atoms with Crippen LogP contribution < -0.4 is 14.4 Å². The highest BCUT2D eigenvalue weighted by atomic mass is 19.1. The van der Waals surface area contributed by atoms with Crippen molar-refractivity contribution < 1.29 is 23.5 Å². The van der Waals surface area contributed by atoms with Crippen LogP contribution in [0.25, 0.3) is 11.3 Å². The fourth-order valence-corrected chi connectivity index (χ4v) is 4.48. The summed E-state index contributed by atoms with van der Waals surface area (Å²) in [7, 11) is 3.18. The van der Waals surface area contributed by atoms with Gasteiger partial charge in [-0.3, -0.25) is 9.59 Å². The van der Waals surface area contributed by atoms with Crippen molar-refractivity contribution in [3.8, 4) is 22.8 Å². The van der Waals surface area contributed by atoms with Crippen molar-refractivity contribution in [3.05, 3.63) is 66.0 Å². The summed E-state index contributed by atoms with van der Waals surface area (Å²) < 4.78 is 24.0. The van der Waals surface area contributed by atoms with E-state index in [4.69, 9.17) is 9.47 Å². The average molecular weight is 536 g/mol. The van der Waals surface area contributed by atoms with Gasteiger partial charge >= 0.3 is 0 Å². The number of benzene rings is 2. The molecular formula is C29H34FN5O4. The van der Waals surface area contributed by atoms with E-state index in [-0.39, 0.29) is 24.4 Å². The summed E-state index contributed by atoms with van der Waals surface area (Å²) in [5.74, 6) is 1.20. The molecule has 0 aliphatic carbocycles. The van der Waals surface area contributed by atoms with E-state index in [0.29, 0.717) is 55.4 Å². The Morgan fingerprint density at radius 1 is 0.949 bits per heavy atom. The van der Waals surface area contributed by atoms with Crippen molar-refractivity contribution in [2.75, 3.05) is 51.8 Å². The van der Waals surface area contributed by atoms with Crippen molar-refractivity contribution in [2.24, 2.45) is 0 Å². The third-order valence-electron chi connectivity index (χ3n) is 7.07. The lowest BCUT2D eigenvalue weighted by molar-refractivity contribution is -0.132. The van der Waals surface area contributed by atoms with Gasteiger partial charge in [-0.15, -0.1) is 10.2 Å². The SMILES string of the molecule is CC[C@H](C)N(CC(=O)N1CCN(c2ccc(-c3ccc(OC)c(OC)c3)nn2)CC1)C(=O)c1ccc(F)cc1. The van der Waals surface area contributed by atoms with Crippen LogP contribution in [0.15, 0.2) is 54.6 Å². The number of hydrogen-bond donors (Lipinski definition) is 0. The molecule has 3 aromatic rings. The van der Waals surface area contributed by atoms with Gasteiger partial charge in [0.2, 0.25) is 5.91 Å². The molecule has 1 aliphatic rings. The van der Waals surface area contributed by atoms with Crippen LogP contribution in [0.1, 0.15) is 30.6 Å². The third kappa shape index (κ3) is 6.45. The minimum atomic E-state index is -0.407. The summed E-state index contributed by atoms with van der Waals surface area (Å²) in [6.07, 6.45) is 0.700. The van der Waals surface area contributed by atoms with E-state index in [0.717, 1.165) is 11.4 Å². The summed E-state index contributed by atoms with van der Waals surface area (Å²) >= 11 is 0. The number of amides is 2. The lowest BCUT2D eigenvalue weighted by Crippen LogP contribution is -2.53. The van der Waals surface area contributed by atoms with E-state index in [1.165, 1.54) is 24.3 Å². The molecule has 39 heavy (non-hydrogen) atoms. The maximum atomic E-state index is 13.3. The van der Waals surface area contributed by atoms with Crippen LogP contribution in [0.4, 0.5) is 10.2 Å². The topological polar surface area (TPSA) is 88.1 Å². The van der Waals surface area contributed by atoms with E-state index in [9.17, 15) is 14.0 Å². The van der Waals surface area contributed by atoms with Gasteiger partial charge in [-0.1, -0.05) is 6.92 Å². The first-order valence-electron chi connectivity index (χ1n) is 13.0. The number of anilines is 1. The molecule has 2 amide bonds. The number of rotatable bonds is 9. The first kappa shape index (κ1) is 27.8. The monoisotopic (exact) mass is 535 g/mol. The van der Waals surface area contributed by atoms with E-state index >= 15 is 0 Å². The number of aromatic nitrogens is 2. The zero-order valence-electron chi connectivity index (χ0n) is 22.8. The summed E-state index contributed by atoms with van der Waals surface area (Å²) in [6, 6.07) is 14.7. The van der Waals surface area contributed by atoms with Gasteiger partial charge in [0, 0.05) is 43.3 Å². The highest BCUT2D eigenvalue weighted by Gasteiger charge is 2.28. The Morgan fingerprint density at radius 2 is 1.64 bits per heavy atom. The number of nitrogens with zero attached hydrogens (tertiary/aromatic N) is 5. The molecule has 1 fully saturated rings. The fourth-order valence-electron chi connectivity index (χ4n) is 4.48. The van der Waals surface area contributed by atoms with Gasteiger partial charge in [0.25, 0.3) is 5.91 Å². The molecule has 206 valence electrons. The minimum absolute atomic E-state index is 0.0228. The number of halogens is 1. The molecule has 0 unspecified atom stereocenters. The lowest BCUT2D eigenvalue weighted by atomic mass is 10.1. The van der Waals surface area contributed by atoms with Crippen molar-refractivity contribution in [1.29, 1.82) is 0 Å². The van der Waals surface area contributed by atoms with Crippen LogP contribution in [0.2, 0.25) is 0 Å². The molecule has 1 saturated heterocycles. The second kappa shape index (κ2) is 12.6. The molecular weight excluding hydrogens is 501 g/mol. The number of piperazine rings is 1. The fraction of sp³-hybridized carbons (Fsp3) is 0.379. The number of methoxy groups -OCH3 is 2. The first-order valence-corrected chi connectivity index (χ1v) is 13.0. The standard InChI is InChI=1S/C29H34FN5O4/c1-5-20(2)35(29(37)21-6-9-23(30)10-7-21)19-28(36)34-16-14-33(15-17-34)27-13-11-24(31-32-27)22-8-12-25(38-3)26(18-22)39-4/h6-13,18,20H,5,14-17,19H2,1-4H3/t20-/m0/s1. The van der Waals surface area contributed by atoms with E-state index in [1.807, 2.05) is 44.2 Å². The first-order chi connectivity index (χ1) is 18.8. The summed E-state index contributed by atoms with van der Waals surface area (Å²) in [6.45, 7) is 6.09. The van der Waals surface area contributed by atoms with Gasteiger partial charge in [-0.25, -0.2) is 4.39 Å². The zero-order valence-corrected chi connectivity index (χ0v) is 22.8. The minimum Gasteiger partial charge on any atom is -0.493 e. The molecule has 10 heteroatoms. The van der Waals surface area contributed by atoms with Crippen LogP contribution in [0.5, 0.6) is 11.5 Å². The van der Waals surface area contributed by atoms with Crippen molar-refractivity contribution in [2.45, 2.75) is 26.3 Å². The van der Waals surface area contributed by atoms with Crippen LogP contribution in [-0.2, 0) is 4.79 Å². The number of carbonyl (C=O) groups excluding carboxylic acids is 2. The van der Waals surface area contributed by atoms with Crippen LogP contribution in [0, 0.1) is 5.82 Å². The Kier molecular flexibility index (Phi) is 8.96. The third-order valence-corrected chi connectivity index (χ3v) is 7.07. The Morgan fingerprint density at radius 3 is 2.23 bits per heavy atom. The molecule has 0 saturated carbocycles. The number of ether oxygens (including phenoxy) is 2. The summed E-state index contributed by atoms with van der Waals surface area (Å²) in [5, 5.41) is 8.81. The Labute approximate surface area is 228 Å². The van der Waals surface area contributed by atoms with Crippen molar-refractivity contribution in [3.63, 3.8) is 0 Å². The quantitative estimate of drug-likeness (QED) is 0.411. The molecule has 0 spiro atoms. The van der Waals surface area contributed by atoms with E-state index < -0.39 is 5.82 Å². The lowest BCUT2D eigenvalue weighted by Gasteiger charge is -2.37. The normalized spacial score (nSPS) is 14.1. The van der Waals surface area contributed by atoms with E-state index in [2.05, 4.69) is 15.1 Å². The van der Waals surface area contributed by atoms with Crippen molar-refractivity contribution in [1.82, 2.24) is 20.0 Å². The predicted octanol–water partition coefficient (Wildman–Crippen LogP) is 3.89. The molecule has 2 aromatic carbocycles. The average Bonchev–Trinajstić information content (AvgIpc) is 2.99. The van der Waals surface area contributed by atoms with Crippen molar-refractivity contribution >= 4 is 17.6 Å². The highest BCUT2D eigenvalue weighted by molar-refractivity contribution is 5.96. The molecule has 2 heterocycles. The maximum absolute atomic E-state index is 13.3. The Bertz CT molecular complexity index is 1280. The van der Waals surface area contributed by atoms with Gasteiger partial charge in [0.15, 0.2) is 17.3 Å². The molecule has 1 atom stereocenters.